The number of aliphatic imine (C=N–C) groups is 1. The van der Waals surface area contributed by atoms with Crippen molar-refractivity contribution in [2.24, 2.45) is 4.99 Å². The van der Waals surface area contributed by atoms with Crippen LogP contribution in [0.1, 0.15) is 21.5 Å². The van der Waals surface area contributed by atoms with Crippen LogP contribution in [0, 0.1) is 18.3 Å². The summed E-state index contributed by atoms with van der Waals surface area (Å²) < 4.78 is 0. The van der Waals surface area contributed by atoms with Crippen molar-refractivity contribution in [3.05, 3.63) is 64.2 Å². The van der Waals surface area contributed by atoms with E-state index in [1.165, 1.54) is 11.8 Å². The molecule has 0 aliphatic carbocycles. The normalized spacial score (nSPS) is 15.5. The predicted molar refractivity (Wildman–Crippen MR) is 97.9 cm³/mol. The first-order chi connectivity index (χ1) is 11.6. The number of thioether (sulfide) groups is 1. The highest BCUT2D eigenvalue weighted by atomic mass is 35.5. The molecule has 3 rings (SSSR count). The number of hydrogen-bond donors (Lipinski definition) is 0. The maximum atomic E-state index is 12.8. The lowest BCUT2D eigenvalue weighted by Crippen LogP contribution is -2.31. The molecule has 0 saturated carbocycles. The lowest BCUT2D eigenvalue weighted by molar-refractivity contribution is 0.0859. The van der Waals surface area contributed by atoms with Crippen LogP contribution in [0.5, 0.6) is 0 Å². The van der Waals surface area contributed by atoms with Crippen LogP contribution < -0.4 is 0 Å². The molecule has 1 saturated heterocycles. The van der Waals surface area contributed by atoms with E-state index in [9.17, 15) is 4.79 Å². The van der Waals surface area contributed by atoms with Gasteiger partial charge in [-0.25, -0.2) is 4.99 Å². The van der Waals surface area contributed by atoms with E-state index in [-0.39, 0.29) is 5.91 Å². The maximum absolute atomic E-state index is 12.8. The van der Waals surface area contributed by atoms with E-state index in [4.69, 9.17) is 16.9 Å². The first-order valence-corrected chi connectivity index (χ1v) is 8.75. The van der Waals surface area contributed by atoms with Gasteiger partial charge >= 0.3 is 0 Å². The monoisotopic (exact) mass is 355 g/mol. The number of carbonyl (C=O) groups is 1. The van der Waals surface area contributed by atoms with Gasteiger partial charge in [-0.3, -0.25) is 9.69 Å². The molecule has 1 heterocycles. The number of nitriles is 1. The molecule has 0 unspecified atom stereocenters. The number of benzene rings is 2. The minimum absolute atomic E-state index is 0.143. The topological polar surface area (TPSA) is 56.5 Å². The molecule has 6 heteroatoms. The standard InChI is InChI=1S/C18H14ClN3OS/c1-12-15(19)6-3-7-16(12)21-18-22(8-9-24-18)17(23)14-5-2-4-13(10-14)11-20/h2-7,10H,8-9H2,1H3. The zero-order valence-electron chi connectivity index (χ0n) is 13.0. The fraction of sp³-hybridized carbons (Fsp3) is 0.167. The van der Waals surface area contributed by atoms with Gasteiger partial charge in [0, 0.05) is 22.9 Å². The summed E-state index contributed by atoms with van der Waals surface area (Å²) in [4.78, 5) is 19.0. The van der Waals surface area contributed by atoms with Crippen molar-refractivity contribution in [2.45, 2.75) is 6.92 Å². The summed E-state index contributed by atoms with van der Waals surface area (Å²) in [6, 6.07) is 14.3. The van der Waals surface area contributed by atoms with Crippen molar-refractivity contribution in [1.29, 1.82) is 5.26 Å². The van der Waals surface area contributed by atoms with Crippen LogP contribution in [-0.2, 0) is 0 Å². The van der Waals surface area contributed by atoms with Crippen molar-refractivity contribution in [1.82, 2.24) is 4.90 Å². The molecule has 0 radical (unpaired) electrons. The zero-order valence-corrected chi connectivity index (χ0v) is 14.6. The molecule has 0 bridgehead atoms. The van der Waals surface area contributed by atoms with Crippen molar-refractivity contribution in [3.63, 3.8) is 0 Å². The van der Waals surface area contributed by atoms with Gasteiger partial charge in [0.25, 0.3) is 5.91 Å². The molecular weight excluding hydrogens is 342 g/mol. The number of nitrogens with zero attached hydrogens (tertiary/aromatic N) is 3. The maximum Gasteiger partial charge on any atom is 0.259 e. The summed E-state index contributed by atoms with van der Waals surface area (Å²) in [6.07, 6.45) is 0. The molecule has 4 nitrogen and oxygen atoms in total. The van der Waals surface area contributed by atoms with Gasteiger partial charge in [-0.15, -0.1) is 0 Å². The highest BCUT2D eigenvalue weighted by Crippen LogP contribution is 2.29. The Morgan fingerprint density at radius 3 is 2.92 bits per heavy atom. The van der Waals surface area contributed by atoms with Gasteiger partial charge in [-0.05, 0) is 42.8 Å². The summed E-state index contributed by atoms with van der Waals surface area (Å²) in [5.41, 5.74) is 2.61. The lowest BCUT2D eigenvalue weighted by atomic mass is 10.1. The lowest BCUT2D eigenvalue weighted by Gasteiger charge is -2.16. The SMILES string of the molecule is Cc1c(Cl)cccc1N=C1SCCN1C(=O)c1cccc(C#N)c1. The van der Waals surface area contributed by atoms with E-state index in [1.54, 1.807) is 29.2 Å². The molecule has 2 aromatic carbocycles. The minimum atomic E-state index is -0.143. The number of halogens is 1. The van der Waals surface area contributed by atoms with Crippen LogP contribution in [0.4, 0.5) is 5.69 Å². The van der Waals surface area contributed by atoms with Crippen LogP contribution in [0.2, 0.25) is 5.02 Å². The van der Waals surface area contributed by atoms with Gasteiger partial charge in [0.2, 0.25) is 0 Å². The van der Waals surface area contributed by atoms with E-state index in [2.05, 4.69) is 11.1 Å². The quantitative estimate of drug-likeness (QED) is 0.802. The van der Waals surface area contributed by atoms with Gasteiger partial charge in [-0.2, -0.15) is 5.26 Å². The summed E-state index contributed by atoms with van der Waals surface area (Å²) in [6.45, 7) is 2.50. The Kier molecular flexibility index (Phi) is 4.89. The van der Waals surface area contributed by atoms with E-state index in [1.807, 2.05) is 25.1 Å². The van der Waals surface area contributed by atoms with E-state index in [0.717, 1.165) is 17.0 Å². The van der Waals surface area contributed by atoms with Crippen LogP contribution in [0.25, 0.3) is 0 Å². The molecular formula is C18H14ClN3OS. The molecule has 1 amide bonds. The minimum Gasteiger partial charge on any atom is -0.286 e. The van der Waals surface area contributed by atoms with Crippen molar-refractivity contribution < 1.29 is 4.79 Å². The highest BCUT2D eigenvalue weighted by Gasteiger charge is 2.27. The summed E-state index contributed by atoms with van der Waals surface area (Å²) >= 11 is 7.68. The predicted octanol–water partition coefficient (Wildman–Crippen LogP) is 4.40. The summed E-state index contributed by atoms with van der Waals surface area (Å²) in [5, 5.41) is 10.3. The molecule has 120 valence electrons. The third-order valence-corrected chi connectivity index (χ3v) is 5.08. The Labute approximate surface area is 149 Å². The van der Waals surface area contributed by atoms with Gasteiger partial charge < -0.3 is 0 Å². The average molecular weight is 356 g/mol. The second-order valence-corrected chi connectivity index (χ2v) is 6.75. The third kappa shape index (κ3) is 3.30. The molecule has 1 fully saturated rings. The Morgan fingerprint density at radius 2 is 2.12 bits per heavy atom. The van der Waals surface area contributed by atoms with Crippen molar-refractivity contribution in [2.75, 3.05) is 12.3 Å². The summed E-state index contributed by atoms with van der Waals surface area (Å²) in [5.74, 6) is 0.651. The Hall–Kier alpha value is -2.29. The first kappa shape index (κ1) is 16.6. The Morgan fingerprint density at radius 1 is 1.33 bits per heavy atom. The third-order valence-electron chi connectivity index (χ3n) is 3.72. The second kappa shape index (κ2) is 7.08. The smallest absolute Gasteiger partial charge is 0.259 e. The fourth-order valence-corrected chi connectivity index (χ4v) is 3.50. The van der Waals surface area contributed by atoms with E-state index >= 15 is 0 Å². The van der Waals surface area contributed by atoms with Crippen LogP contribution in [-0.4, -0.2) is 28.3 Å². The molecule has 2 aromatic rings. The molecule has 1 aliphatic heterocycles. The van der Waals surface area contributed by atoms with Crippen LogP contribution >= 0.6 is 23.4 Å². The molecule has 0 aromatic heterocycles. The van der Waals surface area contributed by atoms with Crippen molar-refractivity contribution in [3.8, 4) is 6.07 Å². The van der Waals surface area contributed by atoms with Gasteiger partial charge in [0.05, 0.1) is 17.3 Å². The first-order valence-electron chi connectivity index (χ1n) is 7.39. The number of hydrogen-bond acceptors (Lipinski definition) is 4. The molecule has 24 heavy (non-hydrogen) atoms. The second-order valence-electron chi connectivity index (χ2n) is 5.28. The van der Waals surface area contributed by atoms with E-state index in [0.29, 0.717) is 27.9 Å². The number of amidine groups is 1. The average Bonchev–Trinajstić information content (AvgIpc) is 3.06. The van der Waals surface area contributed by atoms with E-state index < -0.39 is 0 Å². The largest absolute Gasteiger partial charge is 0.286 e. The van der Waals surface area contributed by atoms with Gasteiger partial charge in [-0.1, -0.05) is 35.5 Å². The van der Waals surface area contributed by atoms with Crippen LogP contribution in [0.3, 0.4) is 0 Å². The molecule has 1 aliphatic rings. The molecule has 0 spiro atoms. The Balaban J connectivity index is 1.93. The molecule has 0 atom stereocenters. The van der Waals surface area contributed by atoms with Crippen molar-refractivity contribution >= 4 is 40.1 Å². The van der Waals surface area contributed by atoms with Gasteiger partial charge in [0.15, 0.2) is 5.17 Å². The Bertz CT molecular complexity index is 873. The highest BCUT2D eigenvalue weighted by molar-refractivity contribution is 8.14. The number of carbonyl (C=O) groups excluding carboxylic acids is 1. The summed E-state index contributed by atoms with van der Waals surface area (Å²) in [7, 11) is 0. The number of amides is 1. The fourth-order valence-electron chi connectivity index (χ4n) is 2.38. The van der Waals surface area contributed by atoms with Gasteiger partial charge in [0.1, 0.15) is 0 Å². The van der Waals surface area contributed by atoms with Crippen LogP contribution in [0.15, 0.2) is 47.5 Å². The zero-order chi connectivity index (χ0) is 17.1. The number of rotatable bonds is 2. The molecule has 0 N–H and O–H groups in total.